The number of nitrogen functional groups attached to an aromatic ring is 1. The number of aliphatic hydroxyl groups is 1. The number of nitrogens with zero attached hydrogens (tertiary/aromatic N) is 4. The highest BCUT2D eigenvalue weighted by molar-refractivity contribution is 6.31. The lowest BCUT2D eigenvalue weighted by Crippen LogP contribution is -2.42. The zero-order chi connectivity index (χ0) is 21.3. The number of hydrogen-bond acceptors (Lipinski definition) is 7. The van der Waals surface area contributed by atoms with E-state index in [-0.39, 0.29) is 12.0 Å². The molecule has 0 aliphatic carbocycles. The number of anilines is 3. The van der Waals surface area contributed by atoms with E-state index in [2.05, 4.69) is 31.9 Å². The molecule has 2 saturated heterocycles. The molecule has 2 fully saturated rings. The van der Waals surface area contributed by atoms with Crippen molar-refractivity contribution in [1.29, 1.82) is 0 Å². The number of aryl methyl sites for hydroxylation is 1. The van der Waals surface area contributed by atoms with E-state index in [0.29, 0.717) is 18.2 Å². The monoisotopic (exact) mass is 431 g/mol. The molecular formula is C22H30ClN5O2. The molecule has 0 amide bonds. The van der Waals surface area contributed by atoms with Gasteiger partial charge >= 0.3 is 0 Å². The van der Waals surface area contributed by atoms with Gasteiger partial charge in [-0.15, -0.1) is 0 Å². The number of aromatic nitrogens is 2. The third-order valence-electron chi connectivity index (χ3n) is 6.04. The minimum absolute atomic E-state index is 0.0511. The molecule has 4 rings (SSSR count). The van der Waals surface area contributed by atoms with Crippen molar-refractivity contribution < 1.29 is 9.84 Å². The molecule has 2 aromatic rings. The molecule has 0 spiro atoms. The summed E-state index contributed by atoms with van der Waals surface area (Å²) in [5.74, 6) is 1.07. The highest BCUT2D eigenvalue weighted by atomic mass is 35.5. The molecule has 162 valence electrons. The van der Waals surface area contributed by atoms with E-state index in [1.807, 2.05) is 26.0 Å². The average molecular weight is 432 g/mol. The number of piperidine rings is 1. The lowest BCUT2D eigenvalue weighted by atomic mass is 9.93. The Labute approximate surface area is 182 Å². The Balaban J connectivity index is 1.61. The van der Waals surface area contributed by atoms with Crippen molar-refractivity contribution in [2.75, 3.05) is 48.4 Å². The van der Waals surface area contributed by atoms with Gasteiger partial charge in [0.1, 0.15) is 5.82 Å². The summed E-state index contributed by atoms with van der Waals surface area (Å²) in [5, 5.41) is 10.9. The van der Waals surface area contributed by atoms with Crippen LogP contribution < -0.4 is 15.5 Å². The number of halogens is 1. The molecule has 2 aliphatic heterocycles. The SMILES string of the molecule is Cc1cc(N2CCCOC[C@@H]2c2ccc(N3CCC(C)(O)CC3)cc2Cl)nc(N)n1. The van der Waals surface area contributed by atoms with Crippen LogP contribution in [0.5, 0.6) is 0 Å². The molecule has 0 radical (unpaired) electrons. The van der Waals surface area contributed by atoms with Gasteiger partial charge in [0.15, 0.2) is 0 Å². The Morgan fingerprint density at radius 1 is 1.20 bits per heavy atom. The van der Waals surface area contributed by atoms with Crippen LogP contribution >= 0.6 is 11.6 Å². The third-order valence-corrected chi connectivity index (χ3v) is 6.37. The van der Waals surface area contributed by atoms with Crippen LogP contribution in [-0.2, 0) is 4.74 Å². The number of benzene rings is 1. The molecule has 1 aromatic heterocycles. The minimum Gasteiger partial charge on any atom is -0.390 e. The van der Waals surface area contributed by atoms with Gasteiger partial charge in [0.2, 0.25) is 5.95 Å². The maximum absolute atomic E-state index is 10.2. The normalized spacial score (nSPS) is 22.1. The highest BCUT2D eigenvalue weighted by Crippen LogP contribution is 2.36. The molecule has 8 heteroatoms. The smallest absolute Gasteiger partial charge is 0.222 e. The fraction of sp³-hybridized carbons (Fsp3) is 0.545. The summed E-state index contributed by atoms with van der Waals surface area (Å²) in [7, 11) is 0. The minimum atomic E-state index is -0.573. The predicted molar refractivity (Wildman–Crippen MR) is 120 cm³/mol. The van der Waals surface area contributed by atoms with Crippen molar-refractivity contribution in [2.24, 2.45) is 0 Å². The molecule has 0 saturated carbocycles. The van der Waals surface area contributed by atoms with Gasteiger partial charge < -0.3 is 25.4 Å². The van der Waals surface area contributed by atoms with E-state index in [9.17, 15) is 5.11 Å². The highest BCUT2D eigenvalue weighted by Gasteiger charge is 2.29. The predicted octanol–water partition coefficient (Wildman–Crippen LogP) is 3.34. The lowest BCUT2D eigenvalue weighted by molar-refractivity contribution is 0.0351. The van der Waals surface area contributed by atoms with Crippen molar-refractivity contribution >= 4 is 29.1 Å². The van der Waals surface area contributed by atoms with Crippen molar-refractivity contribution in [1.82, 2.24) is 9.97 Å². The standard InChI is InChI=1S/C22H30ClN5O2/c1-15-12-20(26-21(24)25-15)28-8-3-11-30-14-19(28)17-5-4-16(13-18(17)23)27-9-6-22(2,29)7-10-27/h4-5,12-13,19,29H,3,6-11,14H2,1-2H3,(H2,24,25,26)/t19-/m1/s1. The summed E-state index contributed by atoms with van der Waals surface area (Å²) in [4.78, 5) is 13.2. The number of ether oxygens (including phenoxy) is 1. The van der Waals surface area contributed by atoms with Crippen LogP contribution in [0.25, 0.3) is 0 Å². The lowest BCUT2D eigenvalue weighted by Gasteiger charge is -2.37. The quantitative estimate of drug-likeness (QED) is 0.770. The molecule has 3 N–H and O–H groups in total. The number of nitrogens with two attached hydrogens (primary N) is 1. The fourth-order valence-corrected chi connectivity index (χ4v) is 4.56. The molecule has 7 nitrogen and oxygen atoms in total. The van der Waals surface area contributed by atoms with E-state index >= 15 is 0 Å². The second kappa shape index (κ2) is 8.57. The zero-order valence-electron chi connectivity index (χ0n) is 17.6. The van der Waals surface area contributed by atoms with Crippen LogP contribution in [-0.4, -0.2) is 53.5 Å². The van der Waals surface area contributed by atoms with Gasteiger partial charge in [-0.1, -0.05) is 17.7 Å². The summed E-state index contributed by atoms with van der Waals surface area (Å²) < 4.78 is 5.89. The molecule has 1 atom stereocenters. The van der Waals surface area contributed by atoms with Crippen LogP contribution in [0.4, 0.5) is 17.5 Å². The first kappa shape index (κ1) is 21.2. The Morgan fingerprint density at radius 3 is 2.67 bits per heavy atom. The van der Waals surface area contributed by atoms with Gasteiger partial charge in [-0.05, 0) is 50.8 Å². The van der Waals surface area contributed by atoms with E-state index in [1.54, 1.807) is 0 Å². The van der Waals surface area contributed by atoms with Gasteiger partial charge in [0, 0.05) is 48.7 Å². The first-order valence-electron chi connectivity index (χ1n) is 10.5. The molecule has 0 unspecified atom stereocenters. The van der Waals surface area contributed by atoms with Crippen LogP contribution in [0.2, 0.25) is 5.02 Å². The van der Waals surface area contributed by atoms with Crippen molar-refractivity contribution in [3.8, 4) is 0 Å². The van der Waals surface area contributed by atoms with E-state index in [0.717, 1.165) is 61.7 Å². The first-order chi connectivity index (χ1) is 14.3. The van der Waals surface area contributed by atoms with E-state index in [4.69, 9.17) is 22.1 Å². The largest absolute Gasteiger partial charge is 0.390 e. The maximum atomic E-state index is 10.2. The Bertz CT molecular complexity index is 877. The summed E-state index contributed by atoms with van der Waals surface area (Å²) in [6, 6.07) is 8.14. The Morgan fingerprint density at radius 2 is 1.97 bits per heavy atom. The topological polar surface area (TPSA) is 87.7 Å². The van der Waals surface area contributed by atoms with Gasteiger partial charge in [0.25, 0.3) is 0 Å². The zero-order valence-corrected chi connectivity index (χ0v) is 18.4. The van der Waals surface area contributed by atoms with Crippen LogP contribution in [0.15, 0.2) is 24.3 Å². The van der Waals surface area contributed by atoms with E-state index < -0.39 is 5.60 Å². The van der Waals surface area contributed by atoms with Gasteiger partial charge in [-0.3, -0.25) is 0 Å². The van der Waals surface area contributed by atoms with Gasteiger partial charge in [-0.2, -0.15) is 4.98 Å². The fourth-order valence-electron chi connectivity index (χ4n) is 4.26. The second-order valence-electron chi connectivity index (χ2n) is 8.55. The average Bonchev–Trinajstić information content (AvgIpc) is 2.93. The number of rotatable bonds is 3. The van der Waals surface area contributed by atoms with E-state index in [1.165, 1.54) is 0 Å². The van der Waals surface area contributed by atoms with Crippen LogP contribution in [0.1, 0.15) is 43.5 Å². The summed E-state index contributed by atoms with van der Waals surface area (Å²) >= 11 is 6.79. The molecular weight excluding hydrogens is 402 g/mol. The van der Waals surface area contributed by atoms with Crippen molar-refractivity contribution in [2.45, 2.75) is 44.8 Å². The molecule has 0 bridgehead atoms. The van der Waals surface area contributed by atoms with Crippen molar-refractivity contribution in [3.05, 3.63) is 40.5 Å². The number of hydrogen-bond donors (Lipinski definition) is 2. The second-order valence-corrected chi connectivity index (χ2v) is 8.96. The Hall–Kier alpha value is -2.09. The van der Waals surface area contributed by atoms with Gasteiger partial charge in [-0.25, -0.2) is 4.98 Å². The molecule has 1 aromatic carbocycles. The van der Waals surface area contributed by atoms with Crippen LogP contribution in [0.3, 0.4) is 0 Å². The first-order valence-corrected chi connectivity index (χ1v) is 10.9. The maximum Gasteiger partial charge on any atom is 0.222 e. The molecule has 30 heavy (non-hydrogen) atoms. The summed E-state index contributed by atoms with van der Waals surface area (Å²) in [6.07, 6.45) is 2.42. The summed E-state index contributed by atoms with van der Waals surface area (Å²) in [6.45, 7) is 7.51. The summed E-state index contributed by atoms with van der Waals surface area (Å²) in [5.41, 5.74) is 8.28. The van der Waals surface area contributed by atoms with Crippen LogP contribution in [0, 0.1) is 6.92 Å². The molecule has 3 heterocycles. The third kappa shape index (κ3) is 4.63. The Kier molecular flexibility index (Phi) is 6.04. The molecule has 2 aliphatic rings. The van der Waals surface area contributed by atoms with Crippen molar-refractivity contribution in [3.63, 3.8) is 0 Å². The van der Waals surface area contributed by atoms with Gasteiger partial charge in [0.05, 0.1) is 18.2 Å².